The van der Waals surface area contributed by atoms with Gasteiger partial charge in [0.1, 0.15) is 4.34 Å². The zero-order valence-electron chi connectivity index (χ0n) is 9.03. The molecular formula is C11H17NOS2. The Morgan fingerprint density at radius 1 is 1.47 bits per heavy atom. The van der Waals surface area contributed by atoms with Gasteiger partial charge in [-0.25, -0.2) is 4.98 Å². The SMILES string of the molecule is Cc1csc(SCC2(O)CCCCC2)n1. The summed E-state index contributed by atoms with van der Waals surface area (Å²) in [6.45, 7) is 2.01. The van der Waals surface area contributed by atoms with Crippen LogP contribution in [-0.2, 0) is 0 Å². The van der Waals surface area contributed by atoms with Crippen LogP contribution in [0.25, 0.3) is 0 Å². The summed E-state index contributed by atoms with van der Waals surface area (Å²) in [5.41, 5.74) is 0.654. The molecule has 2 rings (SSSR count). The number of aromatic nitrogens is 1. The zero-order chi connectivity index (χ0) is 10.7. The summed E-state index contributed by atoms with van der Waals surface area (Å²) in [7, 11) is 0. The molecule has 2 nitrogen and oxygen atoms in total. The Labute approximate surface area is 99.1 Å². The minimum absolute atomic E-state index is 0.428. The van der Waals surface area contributed by atoms with Crippen molar-refractivity contribution in [2.75, 3.05) is 5.75 Å². The lowest BCUT2D eigenvalue weighted by Crippen LogP contribution is -2.33. The van der Waals surface area contributed by atoms with Gasteiger partial charge in [0, 0.05) is 16.8 Å². The monoisotopic (exact) mass is 243 g/mol. The molecule has 0 saturated heterocycles. The molecule has 1 saturated carbocycles. The van der Waals surface area contributed by atoms with Crippen molar-refractivity contribution >= 4 is 23.1 Å². The van der Waals surface area contributed by atoms with Crippen LogP contribution in [0.15, 0.2) is 9.72 Å². The molecule has 84 valence electrons. The molecular weight excluding hydrogens is 226 g/mol. The normalized spacial score (nSPS) is 20.4. The van der Waals surface area contributed by atoms with Crippen LogP contribution in [0.1, 0.15) is 37.8 Å². The van der Waals surface area contributed by atoms with E-state index in [1.807, 2.05) is 6.92 Å². The van der Waals surface area contributed by atoms with Gasteiger partial charge in [0.05, 0.1) is 5.60 Å². The lowest BCUT2D eigenvalue weighted by atomic mass is 9.86. The maximum atomic E-state index is 10.3. The zero-order valence-corrected chi connectivity index (χ0v) is 10.7. The number of aliphatic hydroxyl groups is 1. The van der Waals surface area contributed by atoms with E-state index in [1.165, 1.54) is 19.3 Å². The summed E-state index contributed by atoms with van der Waals surface area (Å²) in [6, 6.07) is 0. The Morgan fingerprint density at radius 3 is 2.80 bits per heavy atom. The minimum atomic E-state index is -0.428. The van der Waals surface area contributed by atoms with Crippen molar-refractivity contribution in [2.24, 2.45) is 0 Å². The third-order valence-corrected chi connectivity index (χ3v) is 5.26. The minimum Gasteiger partial charge on any atom is -0.389 e. The van der Waals surface area contributed by atoms with Crippen molar-refractivity contribution in [3.8, 4) is 0 Å². The lowest BCUT2D eigenvalue weighted by molar-refractivity contribution is 0.0273. The maximum absolute atomic E-state index is 10.3. The second kappa shape index (κ2) is 4.85. The molecule has 1 N–H and O–H groups in total. The highest BCUT2D eigenvalue weighted by Crippen LogP contribution is 2.34. The first-order valence-electron chi connectivity index (χ1n) is 5.45. The molecule has 1 heterocycles. The average Bonchev–Trinajstić information content (AvgIpc) is 2.63. The van der Waals surface area contributed by atoms with E-state index < -0.39 is 5.60 Å². The molecule has 0 bridgehead atoms. The molecule has 1 aliphatic rings. The van der Waals surface area contributed by atoms with E-state index in [2.05, 4.69) is 10.4 Å². The highest BCUT2D eigenvalue weighted by molar-refractivity contribution is 8.01. The smallest absolute Gasteiger partial charge is 0.150 e. The summed E-state index contributed by atoms with van der Waals surface area (Å²) in [6.07, 6.45) is 5.56. The highest BCUT2D eigenvalue weighted by Gasteiger charge is 2.29. The Balaban J connectivity index is 1.86. The second-order valence-corrected chi connectivity index (χ2v) is 6.41. The number of thioether (sulfide) groups is 1. The fourth-order valence-electron chi connectivity index (χ4n) is 1.95. The van der Waals surface area contributed by atoms with Crippen LogP contribution < -0.4 is 0 Å². The van der Waals surface area contributed by atoms with Crippen LogP contribution >= 0.6 is 23.1 Å². The van der Waals surface area contributed by atoms with Crippen molar-refractivity contribution < 1.29 is 5.11 Å². The number of hydrogen-bond donors (Lipinski definition) is 1. The van der Waals surface area contributed by atoms with Gasteiger partial charge in [0.2, 0.25) is 0 Å². The highest BCUT2D eigenvalue weighted by atomic mass is 32.2. The molecule has 0 aromatic carbocycles. The van der Waals surface area contributed by atoms with E-state index >= 15 is 0 Å². The first-order chi connectivity index (χ1) is 7.18. The first-order valence-corrected chi connectivity index (χ1v) is 7.32. The van der Waals surface area contributed by atoms with Gasteiger partial charge in [-0.3, -0.25) is 0 Å². The van der Waals surface area contributed by atoms with Crippen LogP contribution in [0, 0.1) is 6.92 Å². The van der Waals surface area contributed by atoms with Gasteiger partial charge in [-0.05, 0) is 19.8 Å². The Kier molecular flexibility index (Phi) is 3.69. The molecule has 1 aliphatic carbocycles. The van der Waals surface area contributed by atoms with E-state index in [1.54, 1.807) is 23.1 Å². The van der Waals surface area contributed by atoms with Crippen LogP contribution in [-0.4, -0.2) is 21.4 Å². The molecule has 0 radical (unpaired) electrons. The van der Waals surface area contributed by atoms with Crippen molar-refractivity contribution in [1.29, 1.82) is 0 Å². The molecule has 0 aliphatic heterocycles. The summed E-state index contributed by atoms with van der Waals surface area (Å²) in [4.78, 5) is 4.40. The number of nitrogens with zero attached hydrogens (tertiary/aromatic N) is 1. The number of thiazole rings is 1. The van der Waals surface area contributed by atoms with E-state index in [9.17, 15) is 5.11 Å². The molecule has 1 aromatic heterocycles. The molecule has 0 unspecified atom stereocenters. The number of aryl methyl sites for hydroxylation is 1. The molecule has 4 heteroatoms. The molecule has 0 amide bonds. The fourth-order valence-corrected chi connectivity index (χ4v) is 3.95. The third kappa shape index (κ3) is 3.20. The summed E-state index contributed by atoms with van der Waals surface area (Å²) in [5, 5.41) is 12.4. The van der Waals surface area contributed by atoms with Crippen LogP contribution in [0.3, 0.4) is 0 Å². The molecule has 1 aromatic rings. The fraction of sp³-hybridized carbons (Fsp3) is 0.727. The van der Waals surface area contributed by atoms with Crippen LogP contribution in [0.4, 0.5) is 0 Å². The standard InChI is InChI=1S/C11H17NOS2/c1-9-7-14-10(12-9)15-8-11(13)5-3-2-4-6-11/h7,13H,2-6,8H2,1H3. The maximum Gasteiger partial charge on any atom is 0.150 e. The van der Waals surface area contributed by atoms with E-state index in [0.29, 0.717) is 0 Å². The van der Waals surface area contributed by atoms with E-state index in [4.69, 9.17) is 0 Å². The summed E-state index contributed by atoms with van der Waals surface area (Å²) >= 11 is 3.38. The van der Waals surface area contributed by atoms with E-state index in [-0.39, 0.29) is 0 Å². The Bertz CT molecular complexity index is 318. The largest absolute Gasteiger partial charge is 0.389 e. The van der Waals surface area contributed by atoms with Crippen LogP contribution in [0.2, 0.25) is 0 Å². The van der Waals surface area contributed by atoms with E-state index in [0.717, 1.165) is 28.6 Å². The van der Waals surface area contributed by atoms with Crippen molar-refractivity contribution in [3.05, 3.63) is 11.1 Å². The molecule has 15 heavy (non-hydrogen) atoms. The van der Waals surface area contributed by atoms with Gasteiger partial charge in [0.15, 0.2) is 0 Å². The first kappa shape index (κ1) is 11.4. The molecule has 1 fully saturated rings. The van der Waals surface area contributed by atoms with Gasteiger partial charge in [-0.2, -0.15) is 0 Å². The number of rotatable bonds is 3. The predicted molar refractivity (Wildman–Crippen MR) is 65.6 cm³/mol. The quantitative estimate of drug-likeness (QED) is 0.827. The predicted octanol–water partition coefficient (Wildman–Crippen LogP) is 3.24. The van der Waals surface area contributed by atoms with Gasteiger partial charge >= 0.3 is 0 Å². The summed E-state index contributed by atoms with van der Waals surface area (Å²) in [5.74, 6) is 0.806. The van der Waals surface area contributed by atoms with Crippen LogP contribution in [0.5, 0.6) is 0 Å². The topological polar surface area (TPSA) is 33.1 Å². The second-order valence-electron chi connectivity index (χ2n) is 4.33. The third-order valence-electron chi connectivity index (χ3n) is 2.85. The van der Waals surface area contributed by atoms with Gasteiger partial charge in [-0.1, -0.05) is 31.0 Å². The molecule has 0 atom stereocenters. The average molecular weight is 243 g/mol. The van der Waals surface area contributed by atoms with Gasteiger partial charge in [-0.15, -0.1) is 11.3 Å². The Hall–Kier alpha value is -0.0600. The van der Waals surface area contributed by atoms with Crippen molar-refractivity contribution in [2.45, 2.75) is 49.0 Å². The van der Waals surface area contributed by atoms with Gasteiger partial charge < -0.3 is 5.11 Å². The number of hydrogen-bond acceptors (Lipinski definition) is 4. The summed E-state index contributed by atoms with van der Waals surface area (Å²) < 4.78 is 1.09. The molecule has 0 spiro atoms. The van der Waals surface area contributed by atoms with Gasteiger partial charge in [0.25, 0.3) is 0 Å². The van der Waals surface area contributed by atoms with Crippen molar-refractivity contribution in [3.63, 3.8) is 0 Å². The van der Waals surface area contributed by atoms with Crippen molar-refractivity contribution in [1.82, 2.24) is 4.98 Å². The lowest BCUT2D eigenvalue weighted by Gasteiger charge is -2.31. The Morgan fingerprint density at radius 2 is 2.20 bits per heavy atom.